The Hall–Kier alpha value is -3.49. The zero-order valence-corrected chi connectivity index (χ0v) is 13.2. The number of rotatable bonds is 5. The number of halogens is 3. The van der Waals surface area contributed by atoms with Gasteiger partial charge in [0.2, 0.25) is 5.95 Å². The average Bonchev–Trinajstić information content (AvgIpc) is 2.68. The average molecular weight is 359 g/mol. The molecular weight excluding hydrogens is 347 g/mol. The van der Waals surface area contributed by atoms with E-state index in [2.05, 4.69) is 25.6 Å². The first kappa shape index (κ1) is 17.3. The molecule has 9 heteroatoms. The Labute approximate surface area is 146 Å². The maximum absolute atomic E-state index is 13.6. The molecule has 0 radical (unpaired) electrons. The molecular formula is C17H12F3N5O. The fourth-order valence-corrected chi connectivity index (χ4v) is 2.04. The molecule has 6 nitrogen and oxygen atoms in total. The van der Waals surface area contributed by atoms with Crippen LogP contribution in [0.1, 0.15) is 15.9 Å². The van der Waals surface area contributed by atoms with Crippen molar-refractivity contribution in [2.45, 2.75) is 6.54 Å². The van der Waals surface area contributed by atoms with Crippen LogP contribution in [0.3, 0.4) is 0 Å². The number of aromatic nitrogens is 3. The standard InChI is InChI=1S/C17H12F3N5O/c18-12-1-2-13(15(20)14(12)19)25-17-23-8-11(9-24-17)16(26)22-7-10-3-5-21-6-4-10/h1-6,8-9H,7H2,(H,22,26)(H,23,24,25). The van der Waals surface area contributed by atoms with Crippen molar-refractivity contribution in [3.63, 3.8) is 0 Å². The van der Waals surface area contributed by atoms with Crippen molar-refractivity contribution < 1.29 is 18.0 Å². The van der Waals surface area contributed by atoms with Gasteiger partial charge in [0.1, 0.15) is 0 Å². The molecule has 1 aromatic carbocycles. The molecule has 0 saturated heterocycles. The van der Waals surface area contributed by atoms with Crippen LogP contribution in [-0.2, 0) is 6.54 Å². The van der Waals surface area contributed by atoms with E-state index in [1.165, 1.54) is 12.4 Å². The van der Waals surface area contributed by atoms with E-state index >= 15 is 0 Å². The van der Waals surface area contributed by atoms with Gasteiger partial charge in [-0.15, -0.1) is 0 Å². The van der Waals surface area contributed by atoms with E-state index in [9.17, 15) is 18.0 Å². The number of pyridine rings is 1. The lowest BCUT2D eigenvalue weighted by atomic mass is 10.2. The third-order valence-corrected chi connectivity index (χ3v) is 3.40. The zero-order valence-electron chi connectivity index (χ0n) is 13.2. The van der Waals surface area contributed by atoms with E-state index < -0.39 is 23.4 Å². The van der Waals surface area contributed by atoms with Gasteiger partial charge in [-0.3, -0.25) is 9.78 Å². The highest BCUT2D eigenvalue weighted by Crippen LogP contribution is 2.21. The van der Waals surface area contributed by atoms with Crippen LogP contribution in [0.25, 0.3) is 0 Å². The second-order valence-electron chi connectivity index (χ2n) is 5.18. The van der Waals surface area contributed by atoms with Crippen LogP contribution in [0.15, 0.2) is 49.1 Å². The van der Waals surface area contributed by atoms with Crippen molar-refractivity contribution >= 4 is 17.5 Å². The highest BCUT2D eigenvalue weighted by molar-refractivity contribution is 5.93. The summed E-state index contributed by atoms with van der Waals surface area (Å²) in [6, 6.07) is 5.33. The number of nitrogens with one attached hydrogen (secondary N) is 2. The highest BCUT2D eigenvalue weighted by atomic mass is 19.2. The minimum atomic E-state index is -1.60. The zero-order chi connectivity index (χ0) is 18.5. The van der Waals surface area contributed by atoms with Crippen molar-refractivity contribution in [2.75, 3.05) is 5.32 Å². The molecule has 0 spiro atoms. The maximum Gasteiger partial charge on any atom is 0.254 e. The van der Waals surface area contributed by atoms with Crippen LogP contribution in [0.2, 0.25) is 0 Å². The molecule has 2 heterocycles. The molecule has 0 saturated carbocycles. The fourth-order valence-electron chi connectivity index (χ4n) is 2.04. The van der Waals surface area contributed by atoms with Gasteiger partial charge in [0.25, 0.3) is 5.91 Å². The summed E-state index contributed by atoms with van der Waals surface area (Å²) in [5, 5.41) is 5.11. The predicted molar refractivity (Wildman–Crippen MR) is 87.0 cm³/mol. The third-order valence-electron chi connectivity index (χ3n) is 3.40. The second-order valence-corrected chi connectivity index (χ2v) is 5.18. The van der Waals surface area contributed by atoms with Gasteiger partial charge in [0.05, 0.1) is 11.3 Å². The number of benzene rings is 1. The first-order valence-electron chi connectivity index (χ1n) is 7.44. The molecule has 0 unspecified atom stereocenters. The summed E-state index contributed by atoms with van der Waals surface area (Å²) in [6.45, 7) is 0.307. The molecule has 0 fully saturated rings. The van der Waals surface area contributed by atoms with Gasteiger partial charge >= 0.3 is 0 Å². The first-order chi connectivity index (χ1) is 12.5. The summed E-state index contributed by atoms with van der Waals surface area (Å²) >= 11 is 0. The van der Waals surface area contributed by atoms with E-state index in [1.54, 1.807) is 24.5 Å². The Morgan fingerprint density at radius 2 is 1.65 bits per heavy atom. The van der Waals surface area contributed by atoms with Gasteiger partial charge in [-0.05, 0) is 29.8 Å². The van der Waals surface area contributed by atoms with Gasteiger partial charge in [0, 0.05) is 31.3 Å². The largest absolute Gasteiger partial charge is 0.348 e. The Morgan fingerprint density at radius 1 is 0.962 bits per heavy atom. The molecule has 2 N–H and O–H groups in total. The van der Waals surface area contributed by atoms with Crippen molar-refractivity contribution in [1.82, 2.24) is 20.3 Å². The third kappa shape index (κ3) is 3.94. The molecule has 26 heavy (non-hydrogen) atoms. The number of amides is 1. The topological polar surface area (TPSA) is 79.8 Å². The van der Waals surface area contributed by atoms with Crippen LogP contribution in [0, 0.1) is 17.5 Å². The lowest BCUT2D eigenvalue weighted by Crippen LogP contribution is -2.23. The SMILES string of the molecule is O=C(NCc1ccncc1)c1cnc(Nc2ccc(F)c(F)c2F)nc1. The van der Waals surface area contributed by atoms with Crippen LogP contribution >= 0.6 is 0 Å². The summed E-state index contributed by atoms with van der Waals surface area (Å²) in [6.07, 6.45) is 5.69. The van der Waals surface area contributed by atoms with Crippen molar-refractivity contribution in [1.29, 1.82) is 0 Å². The summed E-state index contributed by atoms with van der Waals surface area (Å²) < 4.78 is 39.7. The Bertz CT molecular complexity index is 920. The number of carbonyl (C=O) groups is 1. The number of hydrogen-bond acceptors (Lipinski definition) is 5. The van der Waals surface area contributed by atoms with Crippen molar-refractivity contribution in [3.8, 4) is 0 Å². The molecule has 3 rings (SSSR count). The Balaban J connectivity index is 1.65. The summed E-state index contributed by atoms with van der Waals surface area (Å²) in [7, 11) is 0. The van der Waals surface area contributed by atoms with E-state index in [1.807, 2.05) is 0 Å². The molecule has 0 aliphatic carbocycles. The first-order valence-corrected chi connectivity index (χ1v) is 7.44. The lowest BCUT2D eigenvalue weighted by molar-refractivity contribution is 0.0950. The van der Waals surface area contributed by atoms with Crippen LogP contribution in [0.4, 0.5) is 24.8 Å². The molecule has 0 aliphatic rings. The molecule has 2 aromatic heterocycles. The summed E-state index contributed by atoms with van der Waals surface area (Å²) in [4.78, 5) is 23.7. The molecule has 3 aromatic rings. The van der Waals surface area contributed by atoms with Gasteiger partial charge in [-0.2, -0.15) is 0 Å². The van der Waals surface area contributed by atoms with E-state index in [0.29, 0.717) is 6.54 Å². The van der Waals surface area contributed by atoms with E-state index in [-0.39, 0.29) is 17.2 Å². The van der Waals surface area contributed by atoms with Crippen LogP contribution in [-0.4, -0.2) is 20.9 Å². The monoisotopic (exact) mass is 359 g/mol. The van der Waals surface area contributed by atoms with Gasteiger partial charge in [0.15, 0.2) is 17.5 Å². The molecule has 1 amide bonds. The van der Waals surface area contributed by atoms with Gasteiger partial charge < -0.3 is 10.6 Å². The highest BCUT2D eigenvalue weighted by Gasteiger charge is 2.14. The second kappa shape index (κ2) is 7.60. The van der Waals surface area contributed by atoms with Gasteiger partial charge in [-0.1, -0.05) is 0 Å². The van der Waals surface area contributed by atoms with Crippen molar-refractivity contribution in [3.05, 3.63) is 77.6 Å². The minimum absolute atomic E-state index is 0.0689. The number of nitrogens with zero attached hydrogens (tertiary/aromatic N) is 3. The van der Waals surface area contributed by atoms with E-state index in [4.69, 9.17) is 0 Å². The van der Waals surface area contributed by atoms with Crippen LogP contribution in [0.5, 0.6) is 0 Å². The maximum atomic E-state index is 13.6. The summed E-state index contributed by atoms with van der Waals surface area (Å²) in [5.74, 6) is -4.74. The molecule has 0 aliphatic heterocycles. The summed E-state index contributed by atoms with van der Waals surface area (Å²) in [5.41, 5.74) is 0.746. The Morgan fingerprint density at radius 3 is 2.35 bits per heavy atom. The fraction of sp³-hybridized carbons (Fsp3) is 0.0588. The minimum Gasteiger partial charge on any atom is -0.348 e. The number of hydrogen-bond donors (Lipinski definition) is 2. The smallest absolute Gasteiger partial charge is 0.254 e. The number of anilines is 2. The molecule has 132 valence electrons. The van der Waals surface area contributed by atoms with E-state index in [0.717, 1.165) is 17.7 Å². The lowest BCUT2D eigenvalue weighted by Gasteiger charge is -2.08. The molecule has 0 bridgehead atoms. The quantitative estimate of drug-likeness (QED) is 0.685. The Kier molecular flexibility index (Phi) is 5.07. The predicted octanol–water partition coefficient (Wildman–Crippen LogP) is 2.96. The normalized spacial score (nSPS) is 10.4. The van der Waals surface area contributed by atoms with Crippen molar-refractivity contribution in [2.24, 2.45) is 0 Å². The number of carbonyl (C=O) groups excluding carboxylic acids is 1. The molecule has 0 atom stereocenters. The van der Waals surface area contributed by atoms with Gasteiger partial charge in [-0.25, -0.2) is 23.1 Å². The van der Waals surface area contributed by atoms with Crippen LogP contribution < -0.4 is 10.6 Å².